The van der Waals surface area contributed by atoms with E-state index in [4.69, 9.17) is 9.72 Å². The van der Waals surface area contributed by atoms with Crippen molar-refractivity contribution in [1.29, 1.82) is 0 Å². The lowest BCUT2D eigenvalue weighted by molar-refractivity contribution is -0.116. The smallest absolute Gasteiger partial charge is 0.350 e. The number of fused-ring (bicyclic) bond motifs is 1. The molecule has 0 saturated heterocycles. The molecule has 0 spiro atoms. The number of carbonyl (C=O) groups excluding carboxylic acids is 2. The number of anilines is 1. The lowest BCUT2D eigenvalue weighted by atomic mass is 10.1. The summed E-state index contributed by atoms with van der Waals surface area (Å²) in [5.41, 5.74) is 3.57. The molecule has 0 unspecified atom stereocenters. The molecule has 2 aromatic carbocycles. The Morgan fingerprint density at radius 2 is 1.76 bits per heavy atom. The summed E-state index contributed by atoms with van der Waals surface area (Å²) in [6.07, 6.45) is 0. The SMILES string of the molecule is CCOC(=O)c1sc(N(Cc2ccccc2)C(=O)CSc2cc(C)c3ccccc3n2)nc1C. The van der Waals surface area contributed by atoms with Gasteiger partial charge in [-0.1, -0.05) is 71.6 Å². The summed E-state index contributed by atoms with van der Waals surface area (Å²) in [4.78, 5) is 37.0. The molecular weight excluding hydrogens is 466 g/mol. The van der Waals surface area contributed by atoms with Gasteiger partial charge in [0, 0.05) is 5.39 Å². The molecule has 174 valence electrons. The van der Waals surface area contributed by atoms with Crippen molar-refractivity contribution in [2.24, 2.45) is 0 Å². The number of thiazole rings is 1. The molecule has 0 aliphatic carbocycles. The van der Waals surface area contributed by atoms with E-state index in [0.29, 0.717) is 22.2 Å². The second kappa shape index (κ2) is 10.8. The fourth-order valence-electron chi connectivity index (χ4n) is 3.52. The topological polar surface area (TPSA) is 72.4 Å². The molecule has 4 rings (SSSR count). The van der Waals surface area contributed by atoms with Crippen molar-refractivity contribution in [3.05, 3.63) is 82.4 Å². The summed E-state index contributed by atoms with van der Waals surface area (Å²) in [6.45, 7) is 6.22. The Kier molecular flexibility index (Phi) is 7.59. The molecule has 0 saturated carbocycles. The summed E-state index contributed by atoms with van der Waals surface area (Å²) < 4.78 is 5.15. The first-order chi connectivity index (χ1) is 16.5. The van der Waals surface area contributed by atoms with Gasteiger partial charge in [-0.25, -0.2) is 14.8 Å². The van der Waals surface area contributed by atoms with Crippen LogP contribution in [0.5, 0.6) is 0 Å². The number of hydrogen-bond donors (Lipinski definition) is 0. The van der Waals surface area contributed by atoms with Crippen LogP contribution in [0.3, 0.4) is 0 Å². The Morgan fingerprint density at radius 1 is 1.03 bits per heavy atom. The quantitative estimate of drug-likeness (QED) is 0.229. The predicted octanol–water partition coefficient (Wildman–Crippen LogP) is 5.81. The number of pyridine rings is 1. The molecule has 0 N–H and O–H groups in total. The number of esters is 1. The molecule has 0 atom stereocenters. The van der Waals surface area contributed by atoms with Gasteiger partial charge in [0.05, 0.1) is 35.1 Å². The molecule has 1 amide bonds. The van der Waals surface area contributed by atoms with Crippen LogP contribution in [0.25, 0.3) is 10.9 Å². The van der Waals surface area contributed by atoms with Crippen LogP contribution in [-0.4, -0.2) is 34.2 Å². The summed E-state index contributed by atoms with van der Waals surface area (Å²) >= 11 is 2.58. The van der Waals surface area contributed by atoms with Crippen LogP contribution in [0.1, 0.15) is 33.4 Å². The van der Waals surface area contributed by atoms with Gasteiger partial charge in [0.2, 0.25) is 5.91 Å². The average molecular weight is 492 g/mol. The number of carbonyl (C=O) groups is 2. The molecule has 0 fully saturated rings. The zero-order valence-corrected chi connectivity index (χ0v) is 20.9. The van der Waals surface area contributed by atoms with Crippen LogP contribution in [0.4, 0.5) is 5.13 Å². The van der Waals surface area contributed by atoms with Crippen molar-refractivity contribution < 1.29 is 14.3 Å². The number of aromatic nitrogens is 2. The third-order valence-electron chi connectivity index (χ3n) is 5.20. The number of hydrogen-bond acceptors (Lipinski definition) is 7. The zero-order chi connectivity index (χ0) is 24.1. The number of ether oxygens (including phenoxy) is 1. The first-order valence-corrected chi connectivity index (χ1v) is 12.7. The molecule has 0 bridgehead atoms. The van der Waals surface area contributed by atoms with Gasteiger partial charge in [0.15, 0.2) is 5.13 Å². The minimum absolute atomic E-state index is 0.106. The van der Waals surface area contributed by atoms with Gasteiger partial charge >= 0.3 is 5.97 Å². The first-order valence-electron chi connectivity index (χ1n) is 10.9. The molecule has 0 radical (unpaired) electrons. The number of benzene rings is 2. The van der Waals surface area contributed by atoms with E-state index in [1.54, 1.807) is 18.7 Å². The highest BCUT2D eigenvalue weighted by molar-refractivity contribution is 7.99. The lowest BCUT2D eigenvalue weighted by Gasteiger charge is -2.20. The van der Waals surface area contributed by atoms with Crippen molar-refractivity contribution in [1.82, 2.24) is 9.97 Å². The molecule has 4 aromatic rings. The van der Waals surface area contributed by atoms with E-state index in [1.165, 1.54) is 23.1 Å². The van der Waals surface area contributed by atoms with E-state index in [-0.39, 0.29) is 18.3 Å². The minimum Gasteiger partial charge on any atom is -0.462 e. The first kappa shape index (κ1) is 23.9. The van der Waals surface area contributed by atoms with Gasteiger partial charge in [0.25, 0.3) is 0 Å². The van der Waals surface area contributed by atoms with Crippen molar-refractivity contribution in [3.8, 4) is 0 Å². The standard InChI is InChI=1S/C26H25N3O3S2/c1-4-32-25(31)24-18(3)27-26(34-24)29(15-19-10-6-5-7-11-19)23(30)16-33-22-14-17(2)20-12-8-9-13-21(20)28-22/h5-14H,4,15-16H2,1-3H3. The number of rotatable bonds is 8. The second-order valence-electron chi connectivity index (χ2n) is 7.68. The third kappa shape index (κ3) is 5.46. The highest BCUT2D eigenvalue weighted by Gasteiger charge is 2.24. The molecule has 0 aliphatic heterocycles. The lowest BCUT2D eigenvalue weighted by Crippen LogP contribution is -2.31. The van der Waals surface area contributed by atoms with E-state index < -0.39 is 5.97 Å². The van der Waals surface area contributed by atoms with Gasteiger partial charge in [-0.15, -0.1) is 0 Å². The normalized spacial score (nSPS) is 10.9. The van der Waals surface area contributed by atoms with Crippen LogP contribution in [-0.2, 0) is 16.1 Å². The van der Waals surface area contributed by atoms with Crippen LogP contribution in [0.2, 0.25) is 0 Å². The maximum Gasteiger partial charge on any atom is 0.350 e. The molecule has 2 aromatic heterocycles. The maximum atomic E-state index is 13.4. The number of para-hydroxylation sites is 1. The van der Waals surface area contributed by atoms with E-state index in [9.17, 15) is 9.59 Å². The van der Waals surface area contributed by atoms with E-state index >= 15 is 0 Å². The molecule has 34 heavy (non-hydrogen) atoms. The molecule has 0 aliphatic rings. The second-order valence-corrected chi connectivity index (χ2v) is 9.65. The third-order valence-corrected chi connectivity index (χ3v) is 7.26. The van der Waals surface area contributed by atoms with Crippen LogP contribution < -0.4 is 4.90 Å². The molecular formula is C26H25N3O3S2. The Balaban J connectivity index is 1.58. The van der Waals surface area contributed by atoms with Gasteiger partial charge in [-0.2, -0.15) is 0 Å². The molecule has 6 nitrogen and oxygen atoms in total. The summed E-state index contributed by atoms with van der Waals surface area (Å²) in [6, 6.07) is 19.7. The van der Waals surface area contributed by atoms with E-state index in [2.05, 4.69) is 4.98 Å². The summed E-state index contributed by atoms with van der Waals surface area (Å²) in [7, 11) is 0. The number of thioether (sulfide) groups is 1. The van der Waals surface area contributed by atoms with Gasteiger partial charge in [-0.05, 0) is 44.0 Å². The minimum atomic E-state index is -0.416. The Hall–Kier alpha value is -3.23. The van der Waals surface area contributed by atoms with Crippen molar-refractivity contribution in [2.45, 2.75) is 32.3 Å². The number of amides is 1. The van der Waals surface area contributed by atoms with Crippen LogP contribution in [0.15, 0.2) is 65.7 Å². The Bertz CT molecular complexity index is 1320. The monoisotopic (exact) mass is 491 g/mol. The summed E-state index contributed by atoms with van der Waals surface area (Å²) in [5, 5.41) is 2.39. The van der Waals surface area contributed by atoms with Crippen LogP contribution >= 0.6 is 23.1 Å². The molecule has 8 heteroatoms. The number of nitrogens with zero attached hydrogens (tertiary/aromatic N) is 3. The number of aryl methyl sites for hydroxylation is 2. The largest absolute Gasteiger partial charge is 0.462 e. The highest BCUT2D eigenvalue weighted by Crippen LogP contribution is 2.30. The van der Waals surface area contributed by atoms with Gasteiger partial charge < -0.3 is 4.74 Å². The van der Waals surface area contributed by atoms with Crippen molar-refractivity contribution in [3.63, 3.8) is 0 Å². The zero-order valence-electron chi connectivity index (χ0n) is 19.3. The van der Waals surface area contributed by atoms with Crippen molar-refractivity contribution in [2.75, 3.05) is 17.3 Å². The fraction of sp³-hybridized carbons (Fsp3) is 0.231. The van der Waals surface area contributed by atoms with Crippen molar-refractivity contribution >= 4 is 51.0 Å². The van der Waals surface area contributed by atoms with Gasteiger partial charge in [-0.3, -0.25) is 9.69 Å². The highest BCUT2D eigenvalue weighted by atomic mass is 32.2. The predicted molar refractivity (Wildman–Crippen MR) is 138 cm³/mol. The Labute approximate surface area is 207 Å². The average Bonchev–Trinajstić information content (AvgIpc) is 3.23. The fourth-order valence-corrected chi connectivity index (χ4v) is 5.35. The summed E-state index contributed by atoms with van der Waals surface area (Å²) in [5.74, 6) is -0.322. The van der Waals surface area contributed by atoms with Gasteiger partial charge in [0.1, 0.15) is 4.88 Å². The van der Waals surface area contributed by atoms with E-state index in [1.807, 2.05) is 67.6 Å². The maximum absolute atomic E-state index is 13.4. The van der Waals surface area contributed by atoms with Crippen LogP contribution in [0, 0.1) is 13.8 Å². The Morgan fingerprint density at radius 3 is 2.53 bits per heavy atom. The van der Waals surface area contributed by atoms with E-state index in [0.717, 1.165) is 27.1 Å². The molecule has 2 heterocycles.